The first-order valence-electron chi connectivity index (χ1n) is 8.87. The van der Waals surface area contributed by atoms with Crippen LogP contribution in [0.25, 0.3) is 10.9 Å². The van der Waals surface area contributed by atoms with Gasteiger partial charge in [-0.3, -0.25) is 10.00 Å². The van der Waals surface area contributed by atoms with Gasteiger partial charge in [0.05, 0.1) is 29.4 Å². The minimum Gasteiger partial charge on any atom is -0.373 e. The van der Waals surface area contributed by atoms with Crippen molar-refractivity contribution in [3.8, 4) is 0 Å². The van der Waals surface area contributed by atoms with Gasteiger partial charge in [-0.05, 0) is 48.2 Å². The lowest BCUT2D eigenvalue weighted by molar-refractivity contribution is -0.00401. The van der Waals surface area contributed by atoms with E-state index in [2.05, 4.69) is 33.3 Å². The number of benzene rings is 2. The molecule has 1 fully saturated rings. The molecule has 2 aromatic carbocycles. The number of aromatic amines is 1. The smallest absolute Gasteiger partial charge is 0.142 e. The van der Waals surface area contributed by atoms with Gasteiger partial charge in [0.1, 0.15) is 5.82 Å². The topological polar surface area (TPSA) is 41.1 Å². The van der Waals surface area contributed by atoms with Crippen molar-refractivity contribution in [1.29, 1.82) is 0 Å². The van der Waals surface area contributed by atoms with Crippen LogP contribution in [0, 0.1) is 5.82 Å². The number of halogens is 2. The normalized spacial score (nSPS) is 16.4. The molecule has 4 rings (SSSR count). The fourth-order valence-corrected chi connectivity index (χ4v) is 3.54. The summed E-state index contributed by atoms with van der Waals surface area (Å²) in [7, 11) is 0. The number of nitrogens with one attached hydrogen (secondary N) is 1. The number of ether oxygens (including phenoxy) is 1. The highest BCUT2D eigenvalue weighted by molar-refractivity contribution is 6.30. The number of nitrogens with zero attached hydrogens (tertiary/aromatic N) is 2. The van der Waals surface area contributed by atoms with Crippen molar-refractivity contribution in [3.63, 3.8) is 0 Å². The standard InChI is InChI=1S/C20H21ClFN3O/c21-18-3-1-15(10-19(18)22)13-26-17-5-7-25(8-6-17)12-14-2-4-20-16(9-14)11-23-24-20/h1-4,9-11,17H,5-8,12-13H2,(H,23,24). The van der Waals surface area contributed by atoms with Crippen LogP contribution < -0.4 is 0 Å². The molecule has 0 bridgehead atoms. The summed E-state index contributed by atoms with van der Waals surface area (Å²) in [6, 6.07) is 11.3. The third-order valence-corrected chi connectivity index (χ3v) is 5.22. The maximum atomic E-state index is 13.5. The molecule has 1 aliphatic rings. The molecule has 1 N–H and O–H groups in total. The van der Waals surface area contributed by atoms with Crippen LogP contribution in [0.4, 0.5) is 4.39 Å². The van der Waals surface area contributed by atoms with Crippen LogP contribution in [0.2, 0.25) is 5.02 Å². The summed E-state index contributed by atoms with van der Waals surface area (Å²) < 4.78 is 19.4. The SMILES string of the molecule is Fc1cc(COC2CCN(Cc3ccc4[nH]ncc4c3)CC2)ccc1Cl. The zero-order chi connectivity index (χ0) is 17.9. The minimum absolute atomic E-state index is 0.149. The Hall–Kier alpha value is -1.95. The van der Waals surface area contributed by atoms with E-state index in [-0.39, 0.29) is 11.1 Å². The summed E-state index contributed by atoms with van der Waals surface area (Å²) in [6.07, 6.45) is 4.06. The quantitative estimate of drug-likeness (QED) is 0.714. The highest BCUT2D eigenvalue weighted by atomic mass is 35.5. The molecule has 0 amide bonds. The zero-order valence-electron chi connectivity index (χ0n) is 14.4. The van der Waals surface area contributed by atoms with Crippen LogP contribution in [0.15, 0.2) is 42.6 Å². The van der Waals surface area contributed by atoms with Gasteiger partial charge < -0.3 is 4.74 Å². The number of rotatable bonds is 5. The Kier molecular flexibility index (Phi) is 5.20. The van der Waals surface area contributed by atoms with E-state index in [9.17, 15) is 4.39 Å². The summed E-state index contributed by atoms with van der Waals surface area (Å²) >= 11 is 5.71. The molecule has 0 aliphatic carbocycles. The molecule has 4 nitrogen and oxygen atoms in total. The maximum absolute atomic E-state index is 13.5. The Labute approximate surface area is 156 Å². The van der Waals surface area contributed by atoms with Gasteiger partial charge in [0.25, 0.3) is 0 Å². The molecular weight excluding hydrogens is 353 g/mol. The van der Waals surface area contributed by atoms with E-state index in [1.165, 1.54) is 11.6 Å². The number of H-pyrrole nitrogens is 1. The van der Waals surface area contributed by atoms with E-state index in [1.54, 1.807) is 6.07 Å². The van der Waals surface area contributed by atoms with Gasteiger partial charge in [-0.25, -0.2) is 4.39 Å². The summed E-state index contributed by atoms with van der Waals surface area (Å²) in [5.41, 5.74) is 3.19. The highest BCUT2D eigenvalue weighted by Crippen LogP contribution is 2.21. The van der Waals surface area contributed by atoms with Gasteiger partial charge in [-0.1, -0.05) is 23.7 Å². The molecule has 26 heavy (non-hydrogen) atoms. The van der Waals surface area contributed by atoms with Crippen LogP contribution >= 0.6 is 11.6 Å². The van der Waals surface area contributed by atoms with Crippen molar-refractivity contribution in [2.75, 3.05) is 13.1 Å². The Morgan fingerprint density at radius 3 is 2.77 bits per heavy atom. The molecule has 1 aliphatic heterocycles. The lowest BCUT2D eigenvalue weighted by Gasteiger charge is -2.32. The third kappa shape index (κ3) is 4.06. The number of hydrogen-bond acceptors (Lipinski definition) is 3. The average molecular weight is 374 g/mol. The zero-order valence-corrected chi connectivity index (χ0v) is 15.2. The molecule has 1 aromatic heterocycles. The molecular formula is C20H21ClFN3O. The first-order valence-corrected chi connectivity index (χ1v) is 9.25. The summed E-state index contributed by atoms with van der Waals surface area (Å²) in [6.45, 7) is 3.37. The number of piperidine rings is 1. The predicted octanol–water partition coefficient (Wildman–Crippen LogP) is 4.54. The first kappa shape index (κ1) is 17.5. The van der Waals surface area contributed by atoms with E-state index >= 15 is 0 Å². The Morgan fingerprint density at radius 1 is 1.15 bits per heavy atom. The van der Waals surface area contributed by atoms with Gasteiger partial charge >= 0.3 is 0 Å². The van der Waals surface area contributed by atoms with Crippen molar-refractivity contribution in [2.45, 2.75) is 32.1 Å². The number of likely N-dealkylation sites (tertiary alicyclic amines) is 1. The lowest BCUT2D eigenvalue weighted by Crippen LogP contribution is -2.36. The molecule has 3 aromatic rings. The molecule has 1 saturated heterocycles. The second-order valence-electron chi connectivity index (χ2n) is 6.83. The van der Waals surface area contributed by atoms with E-state index in [4.69, 9.17) is 16.3 Å². The molecule has 0 unspecified atom stereocenters. The van der Waals surface area contributed by atoms with Crippen molar-refractivity contribution in [2.24, 2.45) is 0 Å². The molecule has 6 heteroatoms. The Bertz CT molecular complexity index is 890. The van der Waals surface area contributed by atoms with Crippen molar-refractivity contribution in [3.05, 3.63) is 64.6 Å². The predicted molar refractivity (Wildman–Crippen MR) is 101 cm³/mol. The van der Waals surface area contributed by atoms with Crippen LogP contribution in [-0.2, 0) is 17.9 Å². The highest BCUT2D eigenvalue weighted by Gasteiger charge is 2.20. The summed E-state index contributed by atoms with van der Waals surface area (Å²) in [5, 5.41) is 8.35. The monoisotopic (exact) mass is 373 g/mol. The lowest BCUT2D eigenvalue weighted by atomic mass is 10.1. The van der Waals surface area contributed by atoms with Gasteiger partial charge in [-0.15, -0.1) is 0 Å². The largest absolute Gasteiger partial charge is 0.373 e. The minimum atomic E-state index is -0.392. The molecule has 2 heterocycles. The van der Waals surface area contributed by atoms with E-state index in [0.29, 0.717) is 6.61 Å². The second-order valence-corrected chi connectivity index (χ2v) is 7.23. The van der Waals surface area contributed by atoms with Gasteiger partial charge in [0, 0.05) is 25.0 Å². The van der Waals surface area contributed by atoms with Gasteiger partial charge in [-0.2, -0.15) is 5.10 Å². The van der Waals surface area contributed by atoms with Crippen molar-refractivity contribution in [1.82, 2.24) is 15.1 Å². The average Bonchev–Trinajstić information content (AvgIpc) is 3.12. The molecule has 0 saturated carbocycles. The Balaban J connectivity index is 1.26. The molecule has 0 spiro atoms. The van der Waals surface area contributed by atoms with Crippen molar-refractivity contribution < 1.29 is 9.13 Å². The van der Waals surface area contributed by atoms with Crippen molar-refractivity contribution >= 4 is 22.5 Å². The van der Waals surface area contributed by atoms with Crippen LogP contribution in [0.1, 0.15) is 24.0 Å². The van der Waals surface area contributed by atoms with Gasteiger partial charge in [0.15, 0.2) is 0 Å². The van der Waals surface area contributed by atoms with Crippen LogP contribution in [-0.4, -0.2) is 34.3 Å². The fourth-order valence-electron chi connectivity index (χ4n) is 3.43. The second kappa shape index (κ2) is 7.74. The summed E-state index contributed by atoms with van der Waals surface area (Å²) in [4.78, 5) is 2.45. The number of aromatic nitrogens is 2. The van der Waals surface area contributed by atoms with E-state index < -0.39 is 5.82 Å². The fraction of sp³-hybridized carbons (Fsp3) is 0.350. The van der Waals surface area contributed by atoms with Crippen LogP contribution in [0.3, 0.4) is 0 Å². The molecule has 0 atom stereocenters. The molecule has 0 radical (unpaired) electrons. The first-order chi connectivity index (χ1) is 12.7. The van der Waals surface area contributed by atoms with E-state index in [0.717, 1.165) is 48.9 Å². The summed E-state index contributed by atoms with van der Waals surface area (Å²) in [5.74, 6) is -0.392. The Morgan fingerprint density at radius 2 is 1.96 bits per heavy atom. The number of fused-ring (bicyclic) bond motifs is 1. The van der Waals surface area contributed by atoms with E-state index in [1.807, 2.05) is 12.3 Å². The third-order valence-electron chi connectivity index (χ3n) is 4.92. The van der Waals surface area contributed by atoms with Crippen LogP contribution in [0.5, 0.6) is 0 Å². The maximum Gasteiger partial charge on any atom is 0.142 e. The number of hydrogen-bond donors (Lipinski definition) is 1. The van der Waals surface area contributed by atoms with Gasteiger partial charge in [0.2, 0.25) is 0 Å². The molecule has 136 valence electrons.